The van der Waals surface area contributed by atoms with Gasteiger partial charge in [-0.1, -0.05) is 12.8 Å². The van der Waals surface area contributed by atoms with Crippen LogP contribution in [0.15, 0.2) is 0 Å². The molecule has 1 N–H and O–H groups in total. The van der Waals surface area contributed by atoms with Crippen molar-refractivity contribution in [2.75, 3.05) is 12.3 Å². The molecule has 2 aliphatic rings. The molecule has 2 saturated carbocycles. The molecule has 2 fully saturated rings. The van der Waals surface area contributed by atoms with E-state index in [0.29, 0.717) is 5.92 Å². The summed E-state index contributed by atoms with van der Waals surface area (Å²) in [5, 5.41) is 3.89. The summed E-state index contributed by atoms with van der Waals surface area (Å²) in [6, 6.07) is 0. The zero-order valence-electron chi connectivity index (χ0n) is 8.63. The van der Waals surface area contributed by atoms with E-state index in [4.69, 9.17) is 0 Å². The first kappa shape index (κ1) is 10.3. The normalized spacial score (nSPS) is 22.6. The molecule has 14 heavy (non-hydrogen) atoms. The highest BCUT2D eigenvalue weighted by Gasteiger charge is 2.29. The van der Waals surface area contributed by atoms with Gasteiger partial charge in [0.05, 0.1) is 0 Å². The van der Waals surface area contributed by atoms with Gasteiger partial charge in [0.1, 0.15) is 0 Å². The minimum atomic E-state index is 0.289. The molecule has 0 unspecified atom stereocenters. The molecule has 0 aromatic heterocycles. The summed E-state index contributed by atoms with van der Waals surface area (Å²) < 4.78 is 0. The lowest BCUT2D eigenvalue weighted by Crippen LogP contribution is -2.27. The molecule has 0 saturated heterocycles. The summed E-state index contributed by atoms with van der Waals surface area (Å²) in [6.45, 7) is 0.872. The topological polar surface area (TPSA) is 29.1 Å². The maximum absolute atomic E-state index is 11.3. The summed E-state index contributed by atoms with van der Waals surface area (Å²) in [5.41, 5.74) is 0. The van der Waals surface area contributed by atoms with Crippen LogP contribution in [-0.4, -0.2) is 23.5 Å². The number of carbonyl (C=O) groups excluding carboxylic acids is 1. The summed E-state index contributed by atoms with van der Waals surface area (Å²) in [6.07, 6.45) is 7.82. The molecule has 0 bridgehead atoms. The molecule has 0 aliphatic heterocycles. The van der Waals surface area contributed by atoms with Crippen molar-refractivity contribution in [2.45, 2.75) is 43.8 Å². The minimum absolute atomic E-state index is 0.289. The van der Waals surface area contributed by atoms with E-state index in [1.54, 1.807) is 0 Å². The first-order valence-electron chi connectivity index (χ1n) is 5.75. The highest BCUT2D eigenvalue weighted by Crippen LogP contribution is 2.30. The van der Waals surface area contributed by atoms with Crippen molar-refractivity contribution in [1.82, 2.24) is 5.32 Å². The van der Waals surface area contributed by atoms with Crippen molar-refractivity contribution >= 4 is 17.7 Å². The monoisotopic (exact) mass is 213 g/mol. The van der Waals surface area contributed by atoms with E-state index in [9.17, 15) is 4.79 Å². The Labute approximate surface area is 90.2 Å². The average molecular weight is 213 g/mol. The first-order chi connectivity index (χ1) is 6.86. The Morgan fingerprint density at radius 2 is 1.93 bits per heavy atom. The predicted molar refractivity (Wildman–Crippen MR) is 60.4 cm³/mol. The van der Waals surface area contributed by atoms with Gasteiger partial charge in [0, 0.05) is 23.5 Å². The van der Waals surface area contributed by atoms with E-state index in [1.165, 1.54) is 25.7 Å². The van der Waals surface area contributed by atoms with E-state index in [0.717, 1.165) is 30.4 Å². The summed E-state index contributed by atoms with van der Waals surface area (Å²) in [7, 11) is 0. The van der Waals surface area contributed by atoms with Crippen LogP contribution in [0.4, 0.5) is 0 Å². The number of amides is 1. The zero-order valence-corrected chi connectivity index (χ0v) is 9.44. The zero-order chi connectivity index (χ0) is 9.80. The third kappa shape index (κ3) is 3.19. The number of hydrogen-bond donors (Lipinski definition) is 1. The smallest absolute Gasteiger partial charge is 0.223 e. The van der Waals surface area contributed by atoms with Crippen LogP contribution < -0.4 is 5.32 Å². The van der Waals surface area contributed by atoms with Crippen molar-refractivity contribution in [3.05, 3.63) is 0 Å². The predicted octanol–water partition coefficient (Wildman–Crippen LogP) is 2.19. The van der Waals surface area contributed by atoms with Crippen molar-refractivity contribution in [3.8, 4) is 0 Å². The second-order valence-electron chi connectivity index (χ2n) is 4.34. The third-order valence-electron chi connectivity index (χ3n) is 3.01. The maximum Gasteiger partial charge on any atom is 0.223 e. The molecule has 2 rings (SSSR count). The van der Waals surface area contributed by atoms with Gasteiger partial charge in [0.2, 0.25) is 5.91 Å². The van der Waals surface area contributed by atoms with Crippen LogP contribution in [0.5, 0.6) is 0 Å². The second kappa shape index (κ2) is 5.06. The largest absolute Gasteiger partial charge is 0.355 e. The molecule has 2 nitrogen and oxygen atoms in total. The van der Waals surface area contributed by atoms with E-state index in [-0.39, 0.29) is 5.91 Å². The minimum Gasteiger partial charge on any atom is -0.355 e. The molecular weight excluding hydrogens is 194 g/mol. The third-order valence-corrected chi connectivity index (χ3v) is 4.39. The molecule has 3 heteroatoms. The van der Waals surface area contributed by atoms with Gasteiger partial charge in [-0.2, -0.15) is 11.8 Å². The Balaban J connectivity index is 1.48. The van der Waals surface area contributed by atoms with Gasteiger partial charge in [0.15, 0.2) is 0 Å². The molecule has 0 aromatic rings. The average Bonchev–Trinajstić information content (AvgIpc) is 2.92. The van der Waals surface area contributed by atoms with E-state index < -0.39 is 0 Å². The Morgan fingerprint density at radius 3 is 2.57 bits per heavy atom. The van der Waals surface area contributed by atoms with Gasteiger partial charge >= 0.3 is 0 Å². The van der Waals surface area contributed by atoms with Crippen molar-refractivity contribution in [1.29, 1.82) is 0 Å². The van der Waals surface area contributed by atoms with Crippen LogP contribution in [-0.2, 0) is 4.79 Å². The Morgan fingerprint density at radius 1 is 1.21 bits per heavy atom. The number of rotatable bonds is 5. The summed E-state index contributed by atoms with van der Waals surface area (Å²) in [4.78, 5) is 11.3. The van der Waals surface area contributed by atoms with Crippen molar-refractivity contribution in [2.24, 2.45) is 5.92 Å². The van der Waals surface area contributed by atoms with Crippen LogP contribution in [0.2, 0.25) is 0 Å². The molecular formula is C11H19NOS. The molecule has 2 aliphatic carbocycles. The lowest BCUT2D eigenvalue weighted by atomic mass is 10.4. The number of hydrogen-bond acceptors (Lipinski definition) is 2. The molecule has 0 aromatic carbocycles. The molecule has 0 radical (unpaired) electrons. The van der Waals surface area contributed by atoms with Gasteiger partial charge < -0.3 is 5.32 Å². The fourth-order valence-electron chi connectivity index (χ4n) is 1.94. The van der Waals surface area contributed by atoms with Gasteiger partial charge in [-0.15, -0.1) is 0 Å². The van der Waals surface area contributed by atoms with Crippen molar-refractivity contribution < 1.29 is 4.79 Å². The van der Waals surface area contributed by atoms with Crippen LogP contribution in [0.3, 0.4) is 0 Å². The van der Waals surface area contributed by atoms with E-state index in [2.05, 4.69) is 5.32 Å². The second-order valence-corrected chi connectivity index (χ2v) is 5.75. The van der Waals surface area contributed by atoms with Gasteiger partial charge in [-0.05, 0) is 25.7 Å². The SMILES string of the molecule is O=C(NCCSC1CCCC1)C1CC1. The lowest BCUT2D eigenvalue weighted by Gasteiger charge is -2.08. The van der Waals surface area contributed by atoms with Crippen LogP contribution in [0.25, 0.3) is 0 Å². The van der Waals surface area contributed by atoms with Crippen LogP contribution in [0, 0.1) is 5.92 Å². The fourth-order valence-corrected chi connectivity index (χ4v) is 3.16. The molecule has 0 atom stereocenters. The van der Waals surface area contributed by atoms with E-state index in [1.807, 2.05) is 11.8 Å². The molecule has 80 valence electrons. The maximum atomic E-state index is 11.3. The standard InChI is InChI=1S/C11H19NOS/c13-11(9-5-6-9)12-7-8-14-10-3-1-2-4-10/h9-10H,1-8H2,(H,12,13). The number of carbonyl (C=O) groups is 1. The Bertz CT molecular complexity index is 197. The highest BCUT2D eigenvalue weighted by molar-refractivity contribution is 7.99. The fraction of sp³-hybridized carbons (Fsp3) is 0.909. The Hall–Kier alpha value is -0.180. The first-order valence-corrected chi connectivity index (χ1v) is 6.80. The number of nitrogens with one attached hydrogen (secondary N) is 1. The van der Waals surface area contributed by atoms with E-state index >= 15 is 0 Å². The quantitative estimate of drug-likeness (QED) is 0.709. The van der Waals surface area contributed by atoms with Gasteiger partial charge in [0.25, 0.3) is 0 Å². The van der Waals surface area contributed by atoms with Gasteiger partial charge in [-0.3, -0.25) is 4.79 Å². The summed E-state index contributed by atoms with van der Waals surface area (Å²) >= 11 is 2.04. The molecule has 0 spiro atoms. The van der Waals surface area contributed by atoms with Crippen LogP contribution >= 0.6 is 11.8 Å². The number of thioether (sulfide) groups is 1. The molecule has 1 amide bonds. The molecule has 0 heterocycles. The highest BCUT2D eigenvalue weighted by atomic mass is 32.2. The lowest BCUT2D eigenvalue weighted by molar-refractivity contribution is -0.122. The summed E-state index contributed by atoms with van der Waals surface area (Å²) in [5.74, 6) is 1.76. The van der Waals surface area contributed by atoms with Crippen LogP contribution in [0.1, 0.15) is 38.5 Å². The van der Waals surface area contributed by atoms with Crippen molar-refractivity contribution in [3.63, 3.8) is 0 Å². The Kier molecular flexibility index (Phi) is 3.74. The van der Waals surface area contributed by atoms with Gasteiger partial charge in [-0.25, -0.2) is 0 Å².